The molecule has 1 atom stereocenters. The molecule has 4 nitrogen and oxygen atoms in total. The summed E-state index contributed by atoms with van der Waals surface area (Å²) in [6, 6.07) is 0. The first-order chi connectivity index (χ1) is 4.22. The number of methoxy groups -OCH3 is 1. The third-order valence-corrected chi connectivity index (χ3v) is 1.34. The molecule has 0 aliphatic heterocycles. The van der Waals surface area contributed by atoms with Crippen LogP contribution in [0.15, 0.2) is 0 Å². The maximum Gasteiger partial charge on any atom is 0.321 e. The number of ether oxygens (including phenoxy) is 1. The SMILES string of the molecule is COC(=O)C(Br)CON. The Morgan fingerprint density at radius 1 is 1.89 bits per heavy atom. The second-order valence-corrected chi connectivity index (χ2v) is 2.43. The molecule has 0 amide bonds. The van der Waals surface area contributed by atoms with Crippen molar-refractivity contribution in [3.05, 3.63) is 0 Å². The lowest BCUT2D eigenvalue weighted by atomic mass is 10.5. The van der Waals surface area contributed by atoms with Gasteiger partial charge in [-0.25, -0.2) is 5.90 Å². The standard InChI is InChI=1S/C4H8BrNO3/c1-8-4(7)3(5)2-9-6/h3H,2,6H2,1H3. The van der Waals surface area contributed by atoms with E-state index in [1.165, 1.54) is 7.11 Å². The van der Waals surface area contributed by atoms with E-state index in [9.17, 15) is 4.79 Å². The van der Waals surface area contributed by atoms with Gasteiger partial charge < -0.3 is 9.57 Å². The molecule has 0 rings (SSSR count). The van der Waals surface area contributed by atoms with Gasteiger partial charge in [0.25, 0.3) is 0 Å². The molecule has 0 saturated carbocycles. The lowest BCUT2D eigenvalue weighted by Crippen LogP contribution is -2.22. The first kappa shape index (κ1) is 8.87. The molecule has 0 aromatic carbocycles. The predicted molar refractivity (Wildman–Crippen MR) is 34.9 cm³/mol. The van der Waals surface area contributed by atoms with Crippen molar-refractivity contribution in [2.45, 2.75) is 4.83 Å². The molecular formula is C4H8BrNO3. The zero-order chi connectivity index (χ0) is 7.28. The summed E-state index contributed by atoms with van der Waals surface area (Å²) in [7, 11) is 1.30. The van der Waals surface area contributed by atoms with Gasteiger partial charge in [0.05, 0.1) is 13.7 Å². The molecule has 2 N–H and O–H groups in total. The van der Waals surface area contributed by atoms with Gasteiger partial charge in [-0.2, -0.15) is 0 Å². The van der Waals surface area contributed by atoms with Gasteiger partial charge in [-0.1, -0.05) is 15.9 Å². The van der Waals surface area contributed by atoms with E-state index in [0.29, 0.717) is 0 Å². The Hall–Kier alpha value is -0.130. The summed E-state index contributed by atoms with van der Waals surface area (Å²) in [4.78, 5) is 14.2. The molecule has 9 heavy (non-hydrogen) atoms. The average Bonchev–Trinajstić information content (AvgIpc) is 1.87. The van der Waals surface area contributed by atoms with E-state index >= 15 is 0 Å². The van der Waals surface area contributed by atoms with E-state index < -0.39 is 4.83 Å². The molecule has 5 heteroatoms. The van der Waals surface area contributed by atoms with Crippen LogP contribution >= 0.6 is 15.9 Å². The zero-order valence-corrected chi connectivity index (χ0v) is 6.55. The molecule has 1 unspecified atom stereocenters. The van der Waals surface area contributed by atoms with Crippen LogP contribution in [0.25, 0.3) is 0 Å². The minimum atomic E-state index is -0.465. The first-order valence-corrected chi connectivity index (χ1v) is 3.17. The molecule has 54 valence electrons. The van der Waals surface area contributed by atoms with E-state index in [-0.39, 0.29) is 12.6 Å². The fourth-order valence-electron chi connectivity index (χ4n) is 0.280. The van der Waals surface area contributed by atoms with E-state index in [0.717, 1.165) is 0 Å². The number of alkyl halides is 1. The second kappa shape index (κ2) is 4.72. The molecule has 0 heterocycles. The number of hydrogen-bond acceptors (Lipinski definition) is 4. The van der Waals surface area contributed by atoms with Crippen molar-refractivity contribution in [3.8, 4) is 0 Å². The summed E-state index contributed by atoms with van der Waals surface area (Å²) >= 11 is 2.98. The number of halogens is 1. The summed E-state index contributed by atoms with van der Waals surface area (Å²) in [6.07, 6.45) is 0. The molecule has 0 aliphatic rings. The van der Waals surface area contributed by atoms with Crippen LogP contribution in [-0.4, -0.2) is 24.5 Å². The smallest absolute Gasteiger partial charge is 0.321 e. The minimum Gasteiger partial charge on any atom is -0.468 e. The number of nitrogens with two attached hydrogens (primary N) is 1. The Kier molecular flexibility index (Phi) is 4.65. The summed E-state index contributed by atoms with van der Waals surface area (Å²) in [5.74, 6) is 4.30. The number of carbonyl (C=O) groups is 1. The van der Waals surface area contributed by atoms with Gasteiger partial charge in [-0.05, 0) is 0 Å². The Balaban J connectivity index is 3.45. The minimum absolute atomic E-state index is 0.118. The maximum absolute atomic E-state index is 10.5. The van der Waals surface area contributed by atoms with Crippen molar-refractivity contribution in [3.63, 3.8) is 0 Å². The highest BCUT2D eigenvalue weighted by atomic mass is 79.9. The topological polar surface area (TPSA) is 61.5 Å². The number of hydrogen-bond donors (Lipinski definition) is 1. The van der Waals surface area contributed by atoms with Crippen LogP contribution in [0.1, 0.15) is 0 Å². The van der Waals surface area contributed by atoms with Gasteiger partial charge in [-0.3, -0.25) is 4.79 Å². The second-order valence-electron chi connectivity index (χ2n) is 1.32. The fourth-order valence-corrected chi connectivity index (χ4v) is 0.620. The molecule has 0 radical (unpaired) electrons. The fraction of sp³-hybridized carbons (Fsp3) is 0.750. The average molecular weight is 198 g/mol. The predicted octanol–water partition coefficient (Wildman–Crippen LogP) is -0.187. The molecule has 0 spiro atoms. The van der Waals surface area contributed by atoms with E-state index in [1.807, 2.05) is 0 Å². The van der Waals surface area contributed by atoms with Crippen molar-refractivity contribution >= 4 is 21.9 Å². The van der Waals surface area contributed by atoms with Crippen molar-refractivity contribution in [2.75, 3.05) is 13.7 Å². The molecule has 0 aromatic rings. The van der Waals surface area contributed by atoms with Gasteiger partial charge in [-0.15, -0.1) is 0 Å². The van der Waals surface area contributed by atoms with Gasteiger partial charge in [0.15, 0.2) is 0 Å². The molecule has 0 aliphatic carbocycles. The van der Waals surface area contributed by atoms with Gasteiger partial charge >= 0.3 is 5.97 Å². The highest BCUT2D eigenvalue weighted by Crippen LogP contribution is 2.00. The third-order valence-electron chi connectivity index (χ3n) is 0.699. The summed E-state index contributed by atoms with van der Waals surface area (Å²) in [5, 5.41) is 0. The molecule has 0 saturated heterocycles. The highest BCUT2D eigenvalue weighted by Gasteiger charge is 2.13. The maximum atomic E-state index is 10.5. The van der Waals surface area contributed by atoms with Crippen LogP contribution in [0.2, 0.25) is 0 Å². The van der Waals surface area contributed by atoms with Crippen LogP contribution in [0.4, 0.5) is 0 Å². The zero-order valence-electron chi connectivity index (χ0n) is 4.96. The van der Waals surface area contributed by atoms with Crippen LogP contribution in [0.5, 0.6) is 0 Å². The van der Waals surface area contributed by atoms with Crippen molar-refractivity contribution < 1.29 is 14.4 Å². The highest BCUT2D eigenvalue weighted by molar-refractivity contribution is 9.10. The Labute approximate surface area is 61.4 Å². The first-order valence-electron chi connectivity index (χ1n) is 2.26. The van der Waals surface area contributed by atoms with Crippen LogP contribution < -0.4 is 5.90 Å². The summed E-state index contributed by atoms with van der Waals surface area (Å²) in [5.41, 5.74) is 0. The lowest BCUT2D eigenvalue weighted by molar-refractivity contribution is -0.140. The van der Waals surface area contributed by atoms with E-state index in [2.05, 4.69) is 31.4 Å². The number of carbonyl (C=O) groups excluding carboxylic acids is 1. The van der Waals surface area contributed by atoms with Crippen LogP contribution in [0.3, 0.4) is 0 Å². The largest absolute Gasteiger partial charge is 0.468 e. The van der Waals surface area contributed by atoms with E-state index in [1.54, 1.807) is 0 Å². The monoisotopic (exact) mass is 197 g/mol. The quantitative estimate of drug-likeness (QED) is 0.388. The molecule has 0 fully saturated rings. The normalized spacial score (nSPS) is 12.8. The van der Waals surface area contributed by atoms with E-state index in [4.69, 9.17) is 0 Å². The Bertz CT molecular complexity index is 97.8. The van der Waals surface area contributed by atoms with Crippen molar-refractivity contribution in [1.29, 1.82) is 0 Å². The van der Waals surface area contributed by atoms with Gasteiger partial charge in [0, 0.05) is 0 Å². The van der Waals surface area contributed by atoms with Crippen molar-refractivity contribution in [1.82, 2.24) is 0 Å². The van der Waals surface area contributed by atoms with Crippen LogP contribution in [0, 0.1) is 0 Å². The number of esters is 1. The summed E-state index contributed by atoms with van der Waals surface area (Å²) in [6.45, 7) is 0.118. The lowest BCUT2D eigenvalue weighted by Gasteiger charge is -2.03. The van der Waals surface area contributed by atoms with Crippen LogP contribution in [-0.2, 0) is 14.4 Å². The Morgan fingerprint density at radius 2 is 2.44 bits per heavy atom. The van der Waals surface area contributed by atoms with Crippen molar-refractivity contribution in [2.24, 2.45) is 5.90 Å². The molecule has 0 bridgehead atoms. The third kappa shape index (κ3) is 3.45. The summed E-state index contributed by atoms with van der Waals surface area (Å²) < 4.78 is 4.34. The Morgan fingerprint density at radius 3 is 2.78 bits per heavy atom. The number of rotatable bonds is 3. The molecule has 0 aromatic heterocycles. The van der Waals surface area contributed by atoms with Gasteiger partial charge in [0.2, 0.25) is 0 Å². The molecular weight excluding hydrogens is 190 g/mol. The van der Waals surface area contributed by atoms with Gasteiger partial charge in [0.1, 0.15) is 4.83 Å².